The molecule has 0 aliphatic carbocycles. The Balaban J connectivity index is 2.64. The van der Waals surface area contributed by atoms with Gasteiger partial charge >= 0.3 is 6.09 Å². The maximum Gasteiger partial charge on any atom is 0.411 e. The molecule has 0 aliphatic rings. The highest BCUT2D eigenvalue weighted by molar-refractivity contribution is 5.96. The van der Waals surface area contributed by atoms with Crippen molar-refractivity contribution >= 4 is 17.6 Å². The van der Waals surface area contributed by atoms with Gasteiger partial charge in [-0.15, -0.1) is 0 Å². The van der Waals surface area contributed by atoms with Crippen LogP contribution in [0.4, 0.5) is 10.5 Å². The van der Waals surface area contributed by atoms with E-state index in [4.69, 9.17) is 4.74 Å². The minimum atomic E-state index is -0.489. The Hall–Kier alpha value is -1.84. The van der Waals surface area contributed by atoms with Crippen LogP contribution in [0, 0.1) is 0 Å². The van der Waals surface area contributed by atoms with Crippen LogP contribution in [-0.4, -0.2) is 18.5 Å². The molecule has 4 heteroatoms. The normalized spacial score (nSPS) is 9.62. The van der Waals surface area contributed by atoms with Crippen LogP contribution in [0.3, 0.4) is 0 Å². The molecule has 1 aromatic rings. The SMILES string of the molecule is CCOC(=O)Nc1ccc(C(=O)CC)cc1. The highest BCUT2D eigenvalue weighted by atomic mass is 16.5. The van der Waals surface area contributed by atoms with Crippen molar-refractivity contribution < 1.29 is 14.3 Å². The van der Waals surface area contributed by atoms with E-state index < -0.39 is 6.09 Å². The Bertz CT molecular complexity index is 370. The zero-order valence-electron chi connectivity index (χ0n) is 9.45. The van der Waals surface area contributed by atoms with Crippen LogP contribution in [0.2, 0.25) is 0 Å². The van der Waals surface area contributed by atoms with E-state index in [1.54, 1.807) is 31.2 Å². The molecule has 0 atom stereocenters. The molecule has 1 rings (SSSR count). The number of ether oxygens (including phenoxy) is 1. The van der Waals surface area contributed by atoms with Crippen molar-refractivity contribution in [3.63, 3.8) is 0 Å². The zero-order valence-corrected chi connectivity index (χ0v) is 9.45. The molecule has 1 aromatic carbocycles. The maximum absolute atomic E-state index is 11.3. The summed E-state index contributed by atoms with van der Waals surface area (Å²) in [6, 6.07) is 6.74. The zero-order chi connectivity index (χ0) is 12.0. The van der Waals surface area contributed by atoms with Gasteiger partial charge in [-0.3, -0.25) is 10.1 Å². The van der Waals surface area contributed by atoms with E-state index in [1.165, 1.54) is 0 Å². The van der Waals surface area contributed by atoms with Gasteiger partial charge in [0.05, 0.1) is 6.61 Å². The van der Waals surface area contributed by atoms with Crippen molar-refractivity contribution in [2.45, 2.75) is 20.3 Å². The van der Waals surface area contributed by atoms with Gasteiger partial charge in [-0.05, 0) is 31.2 Å². The molecule has 86 valence electrons. The molecule has 0 saturated heterocycles. The summed E-state index contributed by atoms with van der Waals surface area (Å²) in [5.74, 6) is 0.0858. The molecule has 4 nitrogen and oxygen atoms in total. The first-order valence-electron chi connectivity index (χ1n) is 5.24. The first-order chi connectivity index (χ1) is 7.67. The number of carbonyl (C=O) groups is 2. The molecule has 0 aromatic heterocycles. The van der Waals surface area contributed by atoms with Crippen molar-refractivity contribution in [2.75, 3.05) is 11.9 Å². The largest absolute Gasteiger partial charge is 0.450 e. The Morgan fingerprint density at radius 3 is 2.31 bits per heavy atom. The summed E-state index contributed by atoms with van der Waals surface area (Å²) in [7, 11) is 0. The molecule has 1 N–H and O–H groups in total. The molecular formula is C12H15NO3. The molecule has 0 saturated carbocycles. The molecule has 1 amide bonds. The van der Waals surface area contributed by atoms with Crippen LogP contribution in [-0.2, 0) is 4.74 Å². The second-order valence-corrected chi connectivity index (χ2v) is 3.20. The second-order valence-electron chi connectivity index (χ2n) is 3.20. The number of hydrogen-bond donors (Lipinski definition) is 1. The molecular weight excluding hydrogens is 206 g/mol. The fraction of sp³-hybridized carbons (Fsp3) is 0.333. The predicted molar refractivity (Wildman–Crippen MR) is 61.7 cm³/mol. The summed E-state index contributed by atoms with van der Waals surface area (Å²) in [4.78, 5) is 22.4. The Kier molecular flexibility index (Phi) is 4.51. The fourth-order valence-electron chi connectivity index (χ4n) is 1.23. The van der Waals surface area contributed by atoms with E-state index in [2.05, 4.69) is 5.32 Å². The van der Waals surface area contributed by atoms with Crippen molar-refractivity contribution in [3.05, 3.63) is 29.8 Å². The first kappa shape index (κ1) is 12.2. The van der Waals surface area contributed by atoms with Crippen molar-refractivity contribution in [1.82, 2.24) is 0 Å². The topological polar surface area (TPSA) is 55.4 Å². The second kappa shape index (κ2) is 5.90. The van der Waals surface area contributed by atoms with Crippen LogP contribution in [0.5, 0.6) is 0 Å². The Morgan fingerprint density at radius 1 is 1.19 bits per heavy atom. The monoisotopic (exact) mass is 221 g/mol. The summed E-state index contributed by atoms with van der Waals surface area (Å²) in [5, 5.41) is 2.55. The summed E-state index contributed by atoms with van der Waals surface area (Å²) in [5.41, 5.74) is 1.27. The lowest BCUT2D eigenvalue weighted by Crippen LogP contribution is -2.13. The third-order valence-corrected chi connectivity index (χ3v) is 2.05. The van der Waals surface area contributed by atoms with Gasteiger partial charge in [0.15, 0.2) is 5.78 Å². The number of amides is 1. The van der Waals surface area contributed by atoms with E-state index in [0.29, 0.717) is 24.3 Å². The molecule has 16 heavy (non-hydrogen) atoms. The number of benzene rings is 1. The molecule has 0 radical (unpaired) electrons. The van der Waals surface area contributed by atoms with Crippen LogP contribution in [0.25, 0.3) is 0 Å². The van der Waals surface area contributed by atoms with Crippen molar-refractivity contribution in [3.8, 4) is 0 Å². The summed E-state index contributed by atoms with van der Waals surface area (Å²) in [6.45, 7) is 3.88. The summed E-state index contributed by atoms with van der Waals surface area (Å²) >= 11 is 0. The first-order valence-corrected chi connectivity index (χ1v) is 5.24. The quantitative estimate of drug-likeness (QED) is 0.795. The number of rotatable bonds is 4. The molecule has 0 bridgehead atoms. The van der Waals surface area contributed by atoms with Gasteiger partial charge in [0, 0.05) is 17.7 Å². The van der Waals surface area contributed by atoms with Gasteiger partial charge < -0.3 is 4.74 Å². The van der Waals surface area contributed by atoms with E-state index in [-0.39, 0.29) is 5.78 Å². The minimum absolute atomic E-state index is 0.0858. The molecule has 0 heterocycles. The van der Waals surface area contributed by atoms with Gasteiger partial charge in [0.2, 0.25) is 0 Å². The van der Waals surface area contributed by atoms with Gasteiger partial charge in [-0.1, -0.05) is 6.92 Å². The smallest absolute Gasteiger partial charge is 0.411 e. The van der Waals surface area contributed by atoms with Crippen molar-refractivity contribution in [1.29, 1.82) is 0 Å². The number of hydrogen-bond acceptors (Lipinski definition) is 3. The number of carbonyl (C=O) groups excluding carboxylic acids is 2. The standard InChI is InChI=1S/C12H15NO3/c1-3-11(14)9-5-7-10(8-6-9)13-12(15)16-4-2/h5-8H,3-4H2,1-2H3,(H,13,15). The van der Waals surface area contributed by atoms with Gasteiger partial charge in [0.25, 0.3) is 0 Å². The van der Waals surface area contributed by atoms with Gasteiger partial charge in [-0.2, -0.15) is 0 Å². The number of anilines is 1. The van der Waals surface area contributed by atoms with E-state index in [9.17, 15) is 9.59 Å². The average Bonchev–Trinajstić information content (AvgIpc) is 2.29. The molecule has 0 unspecified atom stereocenters. The summed E-state index contributed by atoms with van der Waals surface area (Å²) in [6.07, 6.45) is -0.0120. The van der Waals surface area contributed by atoms with Crippen LogP contribution < -0.4 is 5.32 Å². The van der Waals surface area contributed by atoms with Crippen LogP contribution in [0.15, 0.2) is 24.3 Å². The Labute approximate surface area is 94.6 Å². The minimum Gasteiger partial charge on any atom is -0.450 e. The van der Waals surface area contributed by atoms with E-state index in [0.717, 1.165) is 0 Å². The third-order valence-electron chi connectivity index (χ3n) is 2.05. The maximum atomic E-state index is 11.3. The van der Waals surface area contributed by atoms with E-state index in [1.807, 2.05) is 6.92 Å². The predicted octanol–water partition coefficient (Wildman–Crippen LogP) is 2.85. The number of ketones is 1. The highest BCUT2D eigenvalue weighted by Gasteiger charge is 2.04. The third kappa shape index (κ3) is 3.38. The van der Waals surface area contributed by atoms with Gasteiger partial charge in [0.1, 0.15) is 0 Å². The van der Waals surface area contributed by atoms with Gasteiger partial charge in [-0.25, -0.2) is 4.79 Å². The lowest BCUT2D eigenvalue weighted by Gasteiger charge is -2.05. The lowest BCUT2D eigenvalue weighted by atomic mass is 10.1. The van der Waals surface area contributed by atoms with Crippen LogP contribution >= 0.6 is 0 Å². The Morgan fingerprint density at radius 2 is 1.81 bits per heavy atom. The number of nitrogens with one attached hydrogen (secondary N) is 1. The average molecular weight is 221 g/mol. The lowest BCUT2D eigenvalue weighted by molar-refractivity contribution is 0.0988. The van der Waals surface area contributed by atoms with Crippen LogP contribution in [0.1, 0.15) is 30.6 Å². The summed E-state index contributed by atoms with van der Waals surface area (Å²) < 4.78 is 4.73. The highest BCUT2D eigenvalue weighted by Crippen LogP contribution is 2.11. The molecule has 0 spiro atoms. The fourth-order valence-corrected chi connectivity index (χ4v) is 1.23. The van der Waals surface area contributed by atoms with E-state index >= 15 is 0 Å². The molecule has 0 fully saturated rings. The number of Topliss-reactive ketones (excluding diaryl/α,β-unsaturated/α-hetero) is 1. The molecule has 0 aliphatic heterocycles. The van der Waals surface area contributed by atoms with Crippen molar-refractivity contribution in [2.24, 2.45) is 0 Å².